The maximum absolute atomic E-state index is 13.7. The van der Waals surface area contributed by atoms with E-state index in [4.69, 9.17) is 9.47 Å². The van der Waals surface area contributed by atoms with E-state index in [-0.39, 0.29) is 35.5 Å². The maximum Gasteiger partial charge on any atom is 0.197 e. The van der Waals surface area contributed by atoms with Gasteiger partial charge in [0.05, 0.1) is 11.8 Å². The molecule has 1 saturated carbocycles. The Morgan fingerprint density at radius 3 is 1.30 bits per heavy atom. The third kappa shape index (κ3) is 1.91. The van der Waals surface area contributed by atoms with Crippen molar-refractivity contribution in [2.75, 3.05) is 13.2 Å². The Hall–Kier alpha value is -2.96. The Kier molecular flexibility index (Phi) is 3.98. The summed E-state index contributed by atoms with van der Waals surface area (Å²) in [5.41, 5.74) is -2.57. The topological polar surface area (TPSA) is 86.7 Å². The van der Waals surface area contributed by atoms with Gasteiger partial charge in [-0.1, -0.05) is 48.5 Å². The fourth-order valence-corrected chi connectivity index (χ4v) is 5.64. The standard InChI is InChI=1S/C24H20O6/c1-3-29-23-19(17(25)13-9-5-7-11-15(13)21(23)27)24(30-4-2)20(23)18(26)14-10-6-8-12-16(14)22(24)28/h5-12,19-20H,3-4H2,1-2H3. The van der Waals surface area contributed by atoms with Crippen molar-refractivity contribution in [1.29, 1.82) is 0 Å². The van der Waals surface area contributed by atoms with E-state index in [0.29, 0.717) is 0 Å². The lowest BCUT2D eigenvalue weighted by molar-refractivity contribution is -0.242. The van der Waals surface area contributed by atoms with Crippen molar-refractivity contribution < 1.29 is 28.7 Å². The van der Waals surface area contributed by atoms with Crippen LogP contribution < -0.4 is 0 Å². The fourth-order valence-electron chi connectivity index (χ4n) is 5.64. The lowest BCUT2D eigenvalue weighted by Crippen LogP contribution is -2.86. The molecule has 2 aromatic carbocycles. The fraction of sp³-hybridized carbons (Fsp3) is 0.333. The first-order chi connectivity index (χ1) is 14.5. The molecule has 0 spiro atoms. The van der Waals surface area contributed by atoms with E-state index in [0.717, 1.165) is 0 Å². The zero-order valence-electron chi connectivity index (χ0n) is 16.6. The highest BCUT2D eigenvalue weighted by Crippen LogP contribution is 2.64. The molecule has 3 aliphatic rings. The molecule has 0 atom stereocenters. The summed E-state index contributed by atoms with van der Waals surface area (Å²) in [7, 11) is 0. The van der Waals surface area contributed by atoms with Crippen LogP contribution in [-0.4, -0.2) is 47.5 Å². The molecule has 0 heterocycles. The molecule has 152 valence electrons. The average Bonchev–Trinajstić information content (AvgIpc) is 2.75. The molecular formula is C24H20O6. The van der Waals surface area contributed by atoms with Crippen LogP contribution in [0.15, 0.2) is 48.5 Å². The Balaban J connectivity index is 1.83. The van der Waals surface area contributed by atoms with E-state index in [2.05, 4.69) is 0 Å². The van der Waals surface area contributed by atoms with Gasteiger partial charge in [0.15, 0.2) is 34.3 Å². The molecule has 0 unspecified atom stereocenters. The quantitative estimate of drug-likeness (QED) is 0.779. The zero-order chi connectivity index (χ0) is 21.3. The lowest BCUT2D eigenvalue weighted by atomic mass is 9.40. The number of hydrogen-bond donors (Lipinski definition) is 0. The summed E-state index contributed by atoms with van der Waals surface area (Å²) >= 11 is 0. The van der Waals surface area contributed by atoms with Crippen molar-refractivity contribution in [1.82, 2.24) is 0 Å². The number of Topliss-reactive ketones (excluding diaryl/α,β-unsaturated/α-hetero) is 4. The smallest absolute Gasteiger partial charge is 0.197 e. The summed E-state index contributed by atoms with van der Waals surface area (Å²) < 4.78 is 11.9. The van der Waals surface area contributed by atoms with Crippen molar-refractivity contribution in [3.05, 3.63) is 70.8 Å². The number of carbonyl (C=O) groups is 4. The van der Waals surface area contributed by atoms with E-state index in [9.17, 15) is 19.2 Å². The van der Waals surface area contributed by atoms with Crippen LogP contribution in [0.4, 0.5) is 0 Å². The first kappa shape index (κ1) is 19.0. The van der Waals surface area contributed by atoms with Crippen LogP contribution in [-0.2, 0) is 9.47 Å². The molecule has 1 fully saturated rings. The van der Waals surface area contributed by atoms with E-state index in [1.165, 1.54) is 0 Å². The van der Waals surface area contributed by atoms with E-state index in [1.807, 2.05) is 0 Å². The number of carbonyl (C=O) groups excluding carboxylic acids is 4. The number of fused-ring (bicyclic) bond motifs is 6. The van der Waals surface area contributed by atoms with E-state index in [1.54, 1.807) is 62.4 Å². The van der Waals surface area contributed by atoms with E-state index >= 15 is 0 Å². The normalized spacial score (nSPS) is 31.4. The number of ketones is 4. The Morgan fingerprint density at radius 1 is 0.633 bits per heavy atom. The second-order valence-corrected chi connectivity index (χ2v) is 7.80. The average molecular weight is 404 g/mol. The molecule has 0 saturated heterocycles. The van der Waals surface area contributed by atoms with Gasteiger partial charge in [0.25, 0.3) is 0 Å². The van der Waals surface area contributed by atoms with Gasteiger partial charge in [-0.15, -0.1) is 0 Å². The Labute approximate surface area is 173 Å². The highest BCUT2D eigenvalue weighted by Gasteiger charge is 2.85. The summed E-state index contributed by atoms with van der Waals surface area (Å²) in [5.74, 6) is -4.09. The molecule has 30 heavy (non-hydrogen) atoms. The van der Waals surface area contributed by atoms with Gasteiger partial charge in [0, 0.05) is 35.5 Å². The summed E-state index contributed by atoms with van der Waals surface area (Å²) in [6.07, 6.45) is 0. The predicted molar refractivity (Wildman–Crippen MR) is 106 cm³/mol. The molecule has 0 bridgehead atoms. The van der Waals surface area contributed by atoms with Crippen LogP contribution in [0.2, 0.25) is 0 Å². The van der Waals surface area contributed by atoms with E-state index < -0.39 is 46.2 Å². The third-order valence-corrected chi connectivity index (χ3v) is 6.59. The van der Waals surface area contributed by atoms with Crippen molar-refractivity contribution in [2.24, 2.45) is 11.8 Å². The van der Waals surface area contributed by atoms with Crippen LogP contribution in [0.3, 0.4) is 0 Å². The lowest BCUT2D eigenvalue weighted by Gasteiger charge is -2.65. The summed E-state index contributed by atoms with van der Waals surface area (Å²) in [6, 6.07) is 13.0. The van der Waals surface area contributed by atoms with Crippen LogP contribution in [0.25, 0.3) is 0 Å². The molecule has 0 aliphatic heterocycles. The van der Waals surface area contributed by atoms with Gasteiger partial charge in [-0.3, -0.25) is 19.2 Å². The van der Waals surface area contributed by atoms with Crippen LogP contribution in [0.5, 0.6) is 0 Å². The number of rotatable bonds is 4. The van der Waals surface area contributed by atoms with Crippen LogP contribution in [0.1, 0.15) is 55.3 Å². The predicted octanol–water partition coefficient (Wildman–Crippen LogP) is 2.94. The molecule has 0 radical (unpaired) electrons. The third-order valence-electron chi connectivity index (χ3n) is 6.59. The molecule has 0 N–H and O–H groups in total. The molecule has 5 rings (SSSR count). The maximum atomic E-state index is 13.7. The van der Waals surface area contributed by atoms with Gasteiger partial charge >= 0.3 is 0 Å². The van der Waals surface area contributed by atoms with Gasteiger partial charge in [-0.05, 0) is 13.8 Å². The van der Waals surface area contributed by atoms with Crippen LogP contribution in [0, 0.1) is 11.8 Å². The van der Waals surface area contributed by atoms with Gasteiger partial charge in [0.1, 0.15) is 0 Å². The SMILES string of the molecule is CCOC12C(=O)c3ccccc3C(=O)C1C1(OCC)C(=O)c3ccccc3C(=O)C21. The zero-order valence-corrected chi connectivity index (χ0v) is 16.6. The van der Waals surface area contributed by atoms with Crippen molar-refractivity contribution in [2.45, 2.75) is 25.0 Å². The van der Waals surface area contributed by atoms with Gasteiger partial charge < -0.3 is 9.47 Å². The van der Waals surface area contributed by atoms with Gasteiger partial charge in [-0.2, -0.15) is 0 Å². The minimum atomic E-state index is -1.74. The second kappa shape index (κ2) is 6.27. The molecule has 0 aromatic heterocycles. The monoisotopic (exact) mass is 404 g/mol. The first-order valence-corrected chi connectivity index (χ1v) is 10.1. The molecule has 3 aliphatic carbocycles. The summed E-state index contributed by atoms with van der Waals surface area (Å²) in [5, 5.41) is 0. The highest BCUT2D eigenvalue weighted by atomic mass is 16.5. The molecule has 6 nitrogen and oxygen atoms in total. The van der Waals surface area contributed by atoms with Crippen molar-refractivity contribution in [3.8, 4) is 0 Å². The Morgan fingerprint density at radius 2 is 0.967 bits per heavy atom. The number of ether oxygens (including phenoxy) is 2. The van der Waals surface area contributed by atoms with Crippen molar-refractivity contribution in [3.63, 3.8) is 0 Å². The first-order valence-electron chi connectivity index (χ1n) is 10.1. The molecular weight excluding hydrogens is 384 g/mol. The molecule has 0 amide bonds. The number of hydrogen-bond acceptors (Lipinski definition) is 6. The molecule has 6 heteroatoms. The largest absolute Gasteiger partial charge is 0.365 e. The summed E-state index contributed by atoms with van der Waals surface area (Å²) in [6.45, 7) is 3.63. The van der Waals surface area contributed by atoms with Crippen LogP contribution >= 0.6 is 0 Å². The second-order valence-electron chi connectivity index (χ2n) is 7.80. The molecule has 2 aromatic rings. The minimum absolute atomic E-state index is 0.111. The minimum Gasteiger partial charge on any atom is -0.365 e. The highest BCUT2D eigenvalue weighted by molar-refractivity contribution is 6.31. The Bertz CT molecular complexity index is 1030. The summed E-state index contributed by atoms with van der Waals surface area (Å²) in [4.78, 5) is 54.7. The number of benzene rings is 2. The van der Waals surface area contributed by atoms with Gasteiger partial charge in [0.2, 0.25) is 0 Å². The van der Waals surface area contributed by atoms with Gasteiger partial charge in [-0.25, -0.2) is 0 Å². The van der Waals surface area contributed by atoms with Crippen molar-refractivity contribution >= 4 is 23.1 Å².